The van der Waals surface area contributed by atoms with Crippen LogP contribution in [0.25, 0.3) is 10.1 Å². The molecule has 4 heteroatoms. The average Bonchev–Trinajstić information content (AvgIpc) is 2.56. The van der Waals surface area contributed by atoms with E-state index < -0.39 is 0 Å². The molecule has 0 radical (unpaired) electrons. The molecule has 0 amide bonds. The Bertz CT molecular complexity index is 454. The molecule has 0 aliphatic heterocycles. The van der Waals surface area contributed by atoms with E-state index in [9.17, 15) is 0 Å². The van der Waals surface area contributed by atoms with Crippen molar-refractivity contribution in [1.29, 1.82) is 0 Å². The van der Waals surface area contributed by atoms with Crippen LogP contribution >= 0.6 is 27.3 Å². The molecule has 74 valence electrons. The molecule has 1 aromatic heterocycles. The van der Waals surface area contributed by atoms with Crippen LogP contribution in [0.3, 0.4) is 0 Å². The highest BCUT2D eigenvalue weighted by molar-refractivity contribution is 9.10. The lowest BCUT2D eigenvalue weighted by Crippen LogP contribution is -2.13. The second-order valence-electron chi connectivity index (χ2n) is 3.07. The molecule has 14 heavy (non-hydrogen) atoms. The van der Waals surface area contributed by atoms with Gasteiger partial charge in [0.1, 0.15) is 0 Å². The molecule has 1 heterocycles. The summed E-state index contributed by atoms with van der Waals surface area (Å²) in [5.41, 5.74) is 5.79. The largest absolute Gasteiger partial charge is 0.394 e. The Morgan fingerprint density at radius 3 is 2.79 bits per heavy atom. The summed E-state index contributed by atoms with van der Waals surface area (Å²) in [6.07, 6.45) is 0. The number of benzene rings is 1. The van der Waals surface area contributed by atoms with E-state index in [0.717, 1.165) is 14.7 Å². The van der Waals surface area contributed by atoms with Crippen LogP contribution in [0.4, 0.5) is 0 Å². The smallest absolute Gasteiger partial charge is 0.0636 e. The number of halogens is 1. The van der Waals surface area contributed by atoms with Gasteiger partial charge in [0, 0.05) is 19.4 Å². The summed E-state index contributed by atoms with van der Waals surface area (Å²) in [7, 11) is 0. The zero-order valence-corrected chi connectivity index (χ0v) is 9.81. The van der Waals surface area contributed by atoms with Crippen molar-refractivity contribution in [3.63, 3.8) is 0 Å². The molecule has 0 saturated heterocycles. The van der Waals surface area contributed by atoms with Gasteiger partial charge in [0.2, 0.25) is 0 Å². The monoisotopic (exact) mass is 271 g/mol. The number of aliphatic hydroxyl groups is 1. The van der Waals surface area contributed by atoms with Crippen molar-refractivity contribution < 1.29 is 5.11 Å². The number of fused-ring (bicyclic) bond motifs is 1. The fourth-order valence-electron chi connectivity index (χ4n) is 1.35. The maximum Gasteiger partial charge on any atom is 0.0636 e. The molecule has 1 aromatic carbocycles. The first-order valence-corrected chi connectivity index (χ1v) is 5.88. The summed E-state index contributed by atoms with van der Waals surface area (Å²) in [6.45, 7) is -0.0224. The molecule has 3 N–H and O–H groups in total. The Kier molecular flexibility index (Phi) is 2.88. The lowest BCUT2D eigenvalue weighted by molar-refractivity contribution is 0.269. The molecule has 0 aliphatic rings. The molecule has 0 fully saturated rings. The van der Waals surface area contributed by atoms with Gasteiger partial charge in [0.25, 0.3) is 0 Å². The third kappa shape index (κ3) is 1.59. The van der Waals surface area contributed by atoms with Crippen LogP contribution in [-0.2, 0) is 0 Å². The van der Waals surface area contributed by atoms with Crippen LogP contribution in [0.2, 0.25) is 0 Å². The third-order valence-corrected chi connectivity index (χ3v) is 4.51. The van der Waals surface area contributed by atoms with Crippen LogP contribution in [0.1, 0.15) is 10.9 Å². The highest BCUT2D eigenvalue weighted by Gasteiger charge is 2.14. The number of aliphatic hydroxyl groups excluding tert-OH is 1. The molecule has 2 aromatic rings. The third-order valence-electron chi connectivity index (χ3n) is 2.09. The lowest BCUT2D eigenvalue weighted by atomic mass is 10.2. The summed E-state index contributed by atoms with van der Waals surface area (Å²) in [5.74, 6) is 0. The number of nitrogens with two attached hydrogens (primary N) is 1. The zero-order chi connectivity index (χ0) is 10.1. The Morgan fingerprint density at radius 1 is 1.43 bits per heavy atom. The predicted molar refractivity (Wildman–Crippen MR) is 63.5 cm³/mol. The first kappa shape index (κ1) is 10.1. The molecular formula is C10H10BrNOS. The standard InChI is InChI=1S/C10H10BrNOS/c11-9-6-3-1-2-4-8(6)14-10(9)7(12)5-13/h1-4,7,13H,5,12H2/t7-/m0/s1. The maximum atomic E-state index is 9.00. The van der Waals surface area contributed by atoms with Gasteiger partial charge in [0.15, 0.2) is 0 Å². The van der Waals surface area contributed by atoms with Gasteiger partial charge < -0.3 is 10.8 Å². The molecule has 2 rings (SSSR count). The summed E-state index contributed by atoms with van der Waals surface area (Å²) in [5, 5.41) is 10.2. The minimum Gasteiger partial charge on any atom is -0.394 e. The van der Waals surface area contributed by atoms with Gasteiger partial charge in [0.05, 0.1) is 12.6 Å². The molecule has 0 aliphatic carbocycles. The Hall–Kier alpha value is -0.420. The van der Waals surface area contributed by atoms with Crippen molar-refractivity contribution in [3.05, 3.63) is 33.6 Å². The SMILES string of the molecule is N[C@@H](CO)c1sc2ccccc2c1Br. The van der Waals surface area contributed by atoms with E-state index in [1.165, 1.54) is 4.70 Å². The van der Waals surface area contributed by atoms with Crippen LogP contribution in [-0.4, -0.2) is 11.7 Å². The number of rotatable bonds is 2. The lowest BCUT2D eigenvalue weighted by Gasteiger charge is -2.04. The molecule has 0 unspecified atom stereocenters. The summed E-state index contributed by atoms with van der Waals surface area (Å²) >= 11 is 5.14. The number of hydrogen-bond donors (Lipinski definition) is 2. The van der Waals surface area contributed by atoms with Gasteiger partial charge >= 0.3 is 0 Å². The van der Waals surface area contributed by atoms with E-state index in [0.29, 0.717) is 0 Å². The summed E-state index contributed by atoms with van der Waals surface area (Å²) in [4.78, 5) is 1.01. The Labute approximate surface area is 94.5 Å². The quantitative estimate of drug-likeness (QED) is 0.882. The molecule has 2 nitrogen and oxygen atoms in total. The normalized spacial score (nSPS) is 13.4. The van der Waals surface area contributed by atoms with E-state index >= 15 is 0 Å². The average molecular weight is 272 g/mol. The van der Waals surface area contributed by atoms with E-state index in [-0.39, 0.29) is 12.6 Å². The maximum absolute atomic E-state index is 9.00. The first-order valence-electron chi connectivity index (χ1n) is 4.27. The fourth-order valence-corrected chi connectivity index (χ4v) is 3.46. The van der Waals surface area contributed by atoms with Crippen molar-refractivity contribution in [2.24, 2.45) is 5.73 Å². The van der Waals surface area contributed by atoms with Gasteiger partial charge in [-0.05, 0) is 22.0 Å². The van der Waals surface area contributed by atoms with E-state index in [4.69, 9.17) is 10.8 Å². The van der Waals surface area contributed by atoms with E-state index in [2.05, 4.69) is 22.0 Å². The minimum absolute atomic E-state index is 0.0224. The van der Waals surface area contributed by atoms with E-state index in [1.807, 2.05) is 18.2 Å². The highest BCUT2D eigenvalue weighted by atomic mass is 79.9. The van der Waals surface area contributed by atoms with Crippen LogP contribution in [0.15, 0.2) is 28.7 Å². The van der Waals surface area contributed by atoms with Crippen molar-refractivity contribution in [2.45, 2.75) is 6.04 Å². The van der Waals surface area contributed by atoms with Crippen molar-refractivity contribution in [2.75, 3.05) is 6.61 Å². The molecule has 0 saturated carbocycles. The number of thiophene rings is 1. The van der Waals surface area contributed by atoms with Crippen LogP contribution in [0.5, 0.6) is 0 Å². The van der Waals surface area contributed by atoms with Crippen molar-refractivity contribution in [1.82, 2.24) is 0 Å². The summed E-state index contributed by atoms with van der Waals surface area (Å²) in [6, 6.07) is 7.80. The Balaban J connectivity index is 2.62. The molecule has 0 spiro atoms. The summed E-state index contributed by atoms with van der Waals surface area (Å²) < 4.78 is 2.21. The van der Waals surface area contributed by atoms with Gasteiger partial charge in [-0.2, -0.15) is 0 Å². The molecular weight excluding hydrogens is 262 g/mol. The highest BCUT2D eigenvalue weighted by Crippen LogP contribution is 2.37. The van der Waals surface area contributed by atoms with Gasteiger partial charge in [-0.1, -0.05) is 18.2 Å². The molecule has 1 atom stereocenters. The topological polar surface area (TPSA) is 46.2 Å². The predicted octanol–water partition coefficient (Wildman–Crippen LogP) is 2.66. The first-order chi connectivity index (χ1) is 6.74. The molecule has 0 bridgehead atoms. The van der Waals surface area contributed by atoms with Gasteiger partial charge in [-0.3, -0.25) is 0 Å². The second-order valence-corrected chi connectivity index (χ2v) is 4.94. The minimum atomic E-state index is -0.290. The van der Waals surface area contributed by atoms with Crippen molar-refractivity contribution >= 4 is 37.4 Å². The van der Waals surface area contributed by atoms with Crippen LogP contribution < -0.4 is 5.73 Å². The fraction of sp³-hybridized carbons (Fsp3) is 0.200. The van der Waals surface area contributed by atoms with Gasteiger partial charge in [-0.15, -0.1) is 11.3 Å². The number of hydrogen-bond acceptors (Lipinski definition) is 3. The Morgan fingerprint density at radius 2 is 2.14 bits per heavy atom. The van der Waals surface area contributed by atoms with Crippen molar-refractivity contribution in [3.8, 4) is 0 Å². The van der Waals surface area contributed by atoms with Crippen LogP contribution in [0, 0.1) is 0 Å². The van der Waals surface area contributed by atoms with E-state index in [1.54, 1.807) is 11.3 Å². The zero-order valence-electron chi connectivity index (χ0n) is 7.40. The van der Waals surface area contributed by atoms with Gasteiger partial charge in [-0.25, -0.2) is 0 Å². The second kappa shape index (κ2) is 3.98.